The average Bonchev–Trinajstić information content (AvgIpc) is 3.17. The third-order valence-corrected chi connectivity index (χ3v) is 5.62. The average molecular weight is 394 g/mol. The number of ether oxygens (including phenoxy) is 1. The van der Waals surface area contributed by atoms with E-state index >= 15 is 0 Å². The van der Waals surface area contributed by atoms with Crippen molar-refractivity contribution in [1.82, 2.24) is 14.9 Å². The van der Waals surface area contributed by atoms with E-state index in [1.165, 1.54) is 5.56 Å². The van der Waals surface area contributed by atoms with E-state index in [-0.39, 0.29) is 11.9 Å². The smallest absolute Gasteiger partial charge is 0.251 e. The maximum absolute atomic E-state index is 13.0. The number of hydrogen-bond acceptors (Lipinski definition) is 4. The van der Waals surface area contributed by atoms with Crippen LogP contribution >= 0.6 is 11.8 Å². The molecular formula is C22H23N3O2S. The maximum Gasteiger partial charge on any atom is 0.251 e. The van der Waals surface area contributed by atoms with E-state index < -0.39 is 0 Å². The summed E-state index contributed by atoms with van der Waals surface area (Å²) in [5, 5.41) is 4.09. The van der Waals surface area contributed by atoms with E-state index in [0.29, 0.717) is 12.2 Å². The minimum Gasteiger partial charge on any atom is -0.493 e. The fourth-order valence-corrected chi connectivity index (χ4v) is 4.23. The summed E-state index contributed by atoms with van der Waals surface area (Å²) in [5.74, 6) is 0.823. The number of imidazole rings is 1. The van der Waals surface area contributed by atoms with Crippen molar-refractivity contribution < 1.29 is 9.53 Å². The Balaban J connectivity index is 1.60. The number of aryl methyl sites for hydroxylation is 2. The lowest BCUT2D eigenvalue weighted by molar-refractivity contribution is 0.0924. The highest BCUT2D eigenvalue weighted by Crippen LogP contribution is 2.35. The van der Waals surface area contributed by atoms with Gasteiger partial charge >= 0.3 is 0 Å². The highest BCUT2D eigenvalue weighted by Gasteiger charge is 2.25. The molecule has 4 rings (SSSR count). The topological polar surface area (TPSA) is 56.2 Å². The molecule has 1 aliphatic heterocycles. The standard InChI is InChI=1S/C22H23N3O2S/c1-14-11-15(2)20-18(12-14)19(7-10-27-20)24-21(26)16-5-4-6-17(13-16)25-9-8-23-22(25)28-3/h4-6,8-9,11-13,19H,7,10H2,1-3H3,(H,24,26). The number of amides is 1. The first-order valence-electron chi connectivity index (χ1n) is 9.29. The van der Waals surface area contributed by atoms with Gasteiger partial charge in [-0.15, -0.1) is 0 Å². The molecule has 0 fully saturated rings. The summed E-state index contributed by atoms with van der Waals surface area (Å²) < 4.78 is 7.84. The molecule has 28 heavy (non-hydrogen) atoms. The summed E-state index contributed by atoms with van der Waals surface area (Å²) in [5.41, 5.74) is 4.91. The highest BCUT2D eigenvalue weighted by molar-refractivity contribution is 7.98. The van der Waals surface area contributed by atoms with Crippen LogP contribution in [-0.4, -0.2) is 28.3 Å². The van der Waals surface area contributed by atoms with Gasteiger partial charge in [0, 0.05) is 35.6 Å². The van der Waals surface area contributed by atoms with Gasteiger partial charge in [0.2, 0.25) is 0 Å². The molecule has 0 saturated heterocycles. The van der Waals surface area contributed by atoms with Crippen molar-refractivity contribution in [1.29, 1.82) is 0 Å². The molecule has 6 heteroatoms. The van der Waals surface area contributed by atoms with Crippen LogP contribution < -0.4 is 10.1 Å². The summed E-state index contributed by atoms with van der Waals surface area (Å²) in [6.45, 7) is 4.72. The van der Waals surface area contributed by atoms with E-state index in [1.54, 1.807) is 18.0 Å². The van der Waals surface area contributed by atoms with E-state index in [0.717, 1.165) is 34.1 Å². The lowest BCUT2D eigenvalue weighted by Crippen LogP contribution is -2.32. The molecule has 1 amide bonds. The molecule has 1 aliphatic rings. The third kappa shape index (κ3) is 3.52. The molecule has 5 nitrogen and oxygen atoms in total. The monoisotopic (exact) mass is 393 g/mol. The fraction of sp³-hybridized carbons (Fsp3) is 0.273. The highest BCUT2D eigenvalue weighted by atomic mass is 32.2. The summed E-state index contributed by atoms with van der Waals surface area (Å²) in [6.07, 6.45) is 6.42. The van der Waals surface area contributed by atoms with Crippen LogP contribution in [-0.2, 0) is 0 Å². The Morgan fingerprint density at radius 2 is 2.14 bits per heavy atom. The fourth-order valence-electron chi connectivity index (χ4n) is 3.70. The summed E-state index contributed by atoms with van der Waals surface area (Å²) in [7, 11) is 0. The number of carbonyl (C=O) groups is 1. The van der Waals surface area contributed by atoms with Crippen LogP contribution in [0.3, 0.4) is 0 Å². The van der Waals surface area contributed by atoms with Gasteiger partial charge in [0.15, 0.2) is 5.16 Å². The van der Waals surface area contributed by atoms with Crippen molar-refractivity contribution in [2.24, 2.45) is 0 Å². The third-order valence-electron chi connectivity index (χ3n) is 4.96. The van der Waals surface area contributed by atoms with Gasteiger partial charge in [-0.2, -0.15) is 0 Å². The molecule has 1 unspecified atom stereocenters. The Bertz CT molecular complexity index is 1030. The summed E-state index contributed by atoms with van der Waals surface area (Å²) in [6, 6.07) is 11.8. The van der Waals surface area contributed by atoms with Crippen molar-refractivity contribution in [3.05, 3.63) is 71.0 Å². The normalized spacial score (nSPS) is 15.6. The number of nitrogens with one attached hydrogen (secondary N) is 1. The van der Waals surface area contributed by atoms with Crippen LogP contribution in [0.25, 0.3) is 5.69 Å². The Hall–Kier alpha value is -2.73. The number of thioether (sulfide) groups is 1. The number of aromatic nitrogens is 2. The van der Waals surface area contributed by atoms with Gasteiger partial charge in [0.25, 0.3) is 5.91 Å². The van der Waals surface area contributed by atoms with Crippen LogP contribution in [0.1, 0.15) is 39.5 Å². The second-order valence-electron chi connectivity index (χ2n) is 7.00. The molecular weight excluding hydrogens is 370 g/mol. The lowest BCUT2D eigenvalue weighted by atomic mass is 9.95. The van der Waals surface area contributed by atoms with Crippen molar-refractivity contribution in [2.75, 3.05) is 12.9 Å². The van der Waals surface area contributed by atoms with Crippen molar-refractivity contribution in [3.8, 4) is 11.4 Å². The van der Waals surface area contributed by atoms with Crippen LogP contribution in [0.15, 0.2) is 53.9 Å². The predicted molar refractivity (Wildman–Crippen MR) is 112 cm³/mol. The zero-order valence-corrected chi connectivity index (χ0v) is 17.0. The molecule has 0 spiro atoms. The Morgan fingerprint density at radius 3 is 2.96 bits per heavy atom. The van der Waals surface area contributed by atoms with Crippen molar-refractivity contribution >= 4 is 17.7 Å². The van der Waals surface area contributed by atoms with E-state index in [1.807, 2.05) is 48.2 Å². The lowest BCUT2D eigenvalue weighted by Gasteiger charge is -2.28. The van der Waals surface area contributed by atoms with Gasteiger partial charge in [-0.1, -0.05) is 35.5 Å². The zero-order chi connectivity index (χ0) is 19.7. The van der Waals surface area contributed by atoms with Gasteiger partial charge in [0.05, 0.1) is 12.6 Å². The molecule has 0 radical (unpaired) electrons. The maximum atomic E-state index is 13.0. The first-order valence-corrected chi connectivity index (χ1v) is 10.5. The van der Waals surface area contributed by atoms with Gasteiger partial charge in [-0.3, -0.25) is 9.36 Å². The first kappa shape index (κ1) is 18.6. The molecule has 3 aromatic rings. The molecule has 0 saturated carbocycles. The van der Waals surface area contributed by atoms with Gasteiger partial charge in [0.1, 0.15) is 5.75 Å². The van der Waals surface area contributed by atoms with E-state index in [9.17, 15) is 4.79 Å². The van der Waals surface area contributed by atoms with Crippen LogP contribution in [0.2, 0.25) is 0 Å². The Labute approximate surface area is 169 Å². The number of rotatable bonds is 4. The Morgan fingerprint density at radius 1 is 1.29 bits per heavy atom. The quantitative estimate of drug-likeness (QED) is 0.665. The second kappa shape index (κ2) is 7.72. The predicted octanol–water partition coefficient (Wildman–Crippen LogP) is 4.46. The summed E-state index contributed by atoms with van der Waals surface area (Å²) in [4.78, 5) is 17.3. The molecule has 1 N–H and O–H groups in total. The van der Waals surface area contributed by atoms with Crippen LogP contribution in [0.5, 0.6) is 5.75 Å². The van der Waals surface area contributed by atoms with Crippen molar-refractivity contribution in [2.45, 2.75) is 31.5 Å². The molecule has 0 bridgehead atoms. The molecule has 2 aromatic carbocycles. The SMILES string of the molecule is CSc1nccn1-c1cccc(C(=O)NC2CCOc3c(C)cc(C)cc32)c1. The van der Waals surface area contributed by atoms with E-state index in [2.05, 4.69) is 29.4 Å². The van der Waals surface area contributed by atoms with Gasteiger partial charge < -0.3 is 10.1 Å². The largest absolute Gasteiger partial charge is 0.493 e. The van der Waals surface area contributed by atoms with Crippen LogP contribution in [0, 0.1) is 13.8 Å². The van der Waals surface area contributed by atoms with Crippen LogP contribution in [0.4, 0.5) is 0 Å². The molecule has 0 aliphatic carbocycles. The zero-order valence-electron chi connectivity index (χ0n) is 16.2. The number of fused-ring (bicyclic) bond motifs is 1. The minimum absolute atomic E-state index is 0.0477. The molecule has 2 heterocycles. The molecule has 1 aromatic heterocycles. The van der Waals surface area contributed by atoms with E-state index in [4.69, 9.17) is 4.74 Å². The number of nitrogens with zero attached hydrogens (tertiary/aromatic N) is 2. The van der Waals surface area contributed by atoms with Crippen molar-refractivity contribution in [3.63, 3.8) is 0 Å². The molecule has 1 atom stereocenters. The number of benzene rings is 2. The summed E-state index contributed by atoms with van der Waals surface area (Å²) >= 11 is 1.57. The Kier molecular flexibility index (Phi) is 5.13. The number of hydrogen-bond donors (Lipinski definition) is 1. The first-order chi connectivity index (χ1) is 13.6. The van der Waals surface area contributed by atoms with Gasteiger partial charge in [-0.25, -0.2) is 4.98 Å². The number of carbonyl (C=O) groups excluding carboxylic acids is 1. The minimum atomic E-state index is -0.0790. The second-order valence-corrected chi connectivity index (χ2v) is 7.77. The molecule has 144 valence electrons. The van der Waals surface area contributed by atoms with Gasteiger partial charge in [-0.05, 0) is 43.9 Å².